The molecule has 2 saturated heterocycles. The first-order valence-electron chi connectivity index (χ1n) is 20.6. The first-order valence-corrected chi connectivity index (χ1v) is 21.4. The minimum absolute atomic E-state index is 0.217. The van der Waals surface area contributed by atoms with Gasteiger partial charge in [-0.05, 0) is 79.0 Å². The highest BCUT2D eigenvalue weighted by atomic mass is 32.1. The summed E-state index contributed by atoms with van der Waals surface area (Å²) in [4.78, 5) is 74.9. The SMILES string of the molecule is C=C(/C=C\C=C/C)[C@H](NC(=O)OC)C(=O)N1CCC[C@H]1c1nc2ccc3cc(-c4ccc(-c5cnc([C@@H]6CCCN6C(=O)[C@@H](NC(=O)OC)c6ccccc6)[nH]5)s4)ccc3c2[nH]1. The lowest BCUT2D eigenvalue weighted by atomic mass is 10.0. The van der Waals surface area contributed by atoms with Crippen molar-refractivity contribution in [2.24, 2.45) is 0 Å². The van der Waals surface area contributed by atoms with Crippen LogP contribution in [0.4, 0.5) is 9.59 Å². The first-order chi connectivity index (χ1) is 30.2. The molecule has 0 bridgehead atoms. The molecule has 2 aliphatic rings. The summed E-state index contributed by atoms with van der Waals surface area (Å²) >= 11 is 1.65. The van der Waals surface area contributed by atoms with E-state index >= 15 is 0 Å². The zero-order chi connectivity index (χ0) is 43.3. The van der Waals surface area contributed by atoms with E-state index in [2.05, 4.69) is 63.6 Å². The van der Waals surface area contributed by atoms with Gasteiger partial charge in [0.05, 0.1) is 54.1 Å². The number of rotatable bonds is 12. The predicted octanol–water partition coefficient (Wildman–Crippen LogP) is 8.67. The molecule has 4 N–H and O–H groups in total. The number of alkyl carbamates (subject to hydrolysis) is 2. The molecular weight excluding hydrogens is 805 g/mol. The maximum Gasteiger partial charge on any atom is 0.407 e. The van der Waals surface area contributed by atoms with Gasteiger partial charge in [0.25, 0.3) is 11.8 Å². The summed E-state index contributed by atoms with van der Waals surface area (Å²) in [5, 5.41) is 7.43. The summed E-state index contributed by atoms with van der Waals surface area (Å²) in [6, 6.07) is 21.3. The highest BCUT2D eigenvalue weighted by molar-refractivity contribution is 7.18. The molecule has 5 heterocycles. The highest BCUT2D eigenvalue weighted by Crippen LogP contribution is 2.39. The maximum absolute atomic E-state index is 14.0. The molecule has 0 spiro atoms. The van der Waals surface area contributed by atoms with Crippen molar-refractivity contribution in [3.8, 4) is 21.0 Å². The molecule has 3 aromatic carbocycles. The van der Waals surface area contributed by atoms with E-state index in [4.69, 9.17) is 19.4 Å². The van der Waals surface area contributed by atoms with Crippen LogP contribution in [0.1, 0.15) is 67.9 Å². The molecule has 6 aromatic rings. The molecule has 15 heteroatoms. The van der Waals surface area contributed by atoms with Crippen LogP contribution in [-0.2, 0) is 19.1 Å². The molecular formula is C47H48N8O6S. The van der Waals surface area contributed by atoms with Crippen molar-refractivity contribution >= 4 is 57.1 Å². The number of nitrogens with zero attached hydrogens (tertiary/aromatic N) is 4. The molecule has 2 aliphatic heterocycles. The van der Waals surface area contributed by atoms with Gasteiger partial charge in [-0.3, -0.25) is 9.59 Å². The van der Waals surface area contributed by atoms with E-state index in [1.165, 1.54) is 14.2 Å². The number of carbonyl (C=O) groups excluding carboxylic acids is 4. The van der Waals surface area contributed by atoms with Crippen LogP contribution in [0, 0.1) is 0 Å². The van der Waals surface area contributed by atoms with Gasteiger partial charge in [-0.1, -0.05) is 79.4 Å². The van der Waals surface area contributed by atoms with Crippen LogP contribution in [0.3, 0.4) is 0 Å². The summed E-state index contributed by atoms with van der Waals surface area (Å²) in [5.41, 5.74) is 4.72. The number of methoxy groups -OCH3 is 2. The Bertz CT molecular complexity index is 2700. The number of carbonyl (C=O) groups is 4. The number of likely N-dealkylation sites (tertiary alicyclic amines) is 2. The normalized spacial score (nSPS) is 17.5. The van der Waals surface area contributed by atoms with Crippen LogP contribution in [0.25, 0.3) is 42.8 Å². The minimum atomic E-state index is -0.994. The van der Waals surface area contributed by atoms with Gasteiger partial charge >= 0.3 is 12.2 Å². The Labute approximate surface area is 362 Å². The van der Waals surface area contributed by atoms with Crippen molar-refractivity contribution < 1.29 is 28.7 Å². The number of fused-ring (bicyclic) bond motifs is 3. The average Bonchev–Trinajstić information content (AvgIpc) is 4.16. The molecule has 0 aliphatic carbocycles. The summed E-state index contributed by atoms with van der Waals surface area (Å²) in [6.45, 7) is 7.03. The lowest BCUT2D eigenvalue weighted by Gasteiger charge is -2.28. The van der Waals surface area contributed by atoms with Crippen LogP contribution in [0.15, 0.2) is 115 Å². The average molecular weight is 853 g/mol. The number of H-pyrrole nitrogens is 2. The number of amides is 4. The van der Waals surface area contributed by atoms with Crippen molar-refractivity contribution in [2.45, 2.75) is 56.8 Å². The topological polar surface area (TPSA) is 175 Å². The first kappa shape index (κ1) is 41.7. The van der Waals surface area contributed by atoms with Crippen molar-refractivity contribution in [2.75, 3.05) is 27.3 Å². The van der Waals surface area contributed by atoms with E-state index in [0.29, 0.717) is 35.9 Å². The third-order valence-corrected chi connectivity index (χ3v) is 12.6. The van der Waals surface area contributed by atoms with E-state index in [1.807, 2.05) is 61.7 Å². The lowest BCUT2D eigenvalue weighted by Crippen LogP contribution is -2.49. The van der Waals surface area contributed by atoms with Gasteiger partial charge in [-0.15, -0.1) is 11.3 Å². The second-order valence-corrected chi connectivity index (χ2v) is 16.3. The number of nitrogens with one attached hydrogen (secondary N) is 4. The lowest BCUT2D eigenvalue weighted by molar-refractivity contribution is -0.135. The number of aromatic nitrogens is 4. The second-order valence-electron chi connectivity index (χ2n) is 15.3. The molecule has 3 aromatic heterocycles. The van der Waals surface area contributed by atoms with Crippen LogP contribution in [0.2, 0.25) is 0 Å². The predicted molar refractivity (Wildman–Crippen MR) is 239 cm³/mol. The van der Waals surface area contributed by atoms with Gasteiger partial charge in [0.2, 0.25) is 0 Å². The standard InChI is InChI=1S/C47H48N8O6S/c1-5-6-8-13-28(2)39(52-46(58)60-3)44(56)55-25-12-17-36(55)43-49-33-21-19-30-26-31(18-20-32(30)41(33)51-43)37-22-23-38(62-37)34-27-48-42(50-34)35-16-11-24-54(35)45(57)40(53-47(59)61-4)29-14-9-7-10-15-29/h5-10,13-15,18-23,26-27,35-36,39-40H,2,11-12,16-17,24-25H2,1,3-4H3,(H,48,50)(H,49,51)(H,52,58)(H,53,59)/b6-5-,13-8-/t35-,36-,39-,40-/m0/s1. The van der Waals surface area contributed by atoms with Gasteiger partial charge < -0.3 is 39.9 Å². The van der Waals surface area contributed by atoms with Crippen molar-refractivity contribution in [3.05, 3.63) is 133 Å². The Balaban J connectivity index is 0.996. The zero-order valence-electron chi connectivity index (χ0n) is 34.7. The summed E-state index contributed by atoms with van der Waals surface area (Å²) in [6.07, 6.45) is 10.7. The van der Waals surface area contributed by atoms with Gasteiger partial charge in [0, 0.05) is 23.4 Å². The third-order valence-electron chi connectivity index (χ3n) is 11.5. The van der Waals surface area contributed by atoms with Gasteiger partial charge in [0.1, 0.15) is 23.7 Å². The van der Waals surface area contributed by atoms with E-state index < -0.39 is 24.3 Å². The molecule has 14 nitrogen and oxygen atoms in total. The van der Waals surface area contributed by atoms with E-state index in [9.17, 15) is 19.2 Å². The Morgan fingerprint density at radius 2 is 1.55 bits per heavy atom. The molecule has 0 saturated carbocycles. The number of imidazole rings is 2. The minimum Gasteiger partial charge on any atom is -0.453 e. The Morgan fingerprint density at radius 1 is 0.839 bits per heavy atom. The molecule has 62 heavy (non-hydrogen) atoms. The zero-order valence-corrected chi connectivity index (χ0v) is 35.5. The van der Waals surface area contributed by atoms with Crippen LogP contribution in [0.5, 0.6) is 0 Å². The molecule has 8 rings (SSSR count). The van der Waals surface area contributed by atoms with Crippen molar-refractivity contribution in [1.82, 2.24) is 40.4 Å². The Hall–Kier alpha value is -7.00. The quantitative estimate of drug-likeness (QED) is 0.0885. The molecule has 2 fully saturated rings. The number of allylic oxidation sites excluding steroid dienone is 3. The maximum atomic E-state index is 14.0. The second kappa shape index (κ2) is 18.3. The van der Waals surface area contributed by atoms with Gasteiger partial charge in [-0.25, -0.2) is 19.6 Å². The van der Waals surface area contributed by atoms with E-state index in [0.717, 1.165) is 68.5 Å². The largest absolute Gasteiger partial charge is 0.453 e. The van der Waals surface area contributed by atoms with Crippen molar-refractivity contribution in [1.29, 1.82) is 0 Å². The molecule has 4 atom stereocenters. The Morgan fingerprint density at radius 3 is 2.29 bits per heavy atom. The number of aromatic amines is 2. The van der Waals surface area contributed by atoms with Gasteiger partial charge in [0.15, 0.2) is 0 Å². The van der Waals surface area contributed by atoms with Gasteiger partial charge in [-0.2, -0.15) is 0 Å². The number of benzene rings is 3. The molecule has 4 amide bonds. The summed E-state index contributed by atoms with van der Waals surface area (Å²) < 4.78 is 9.67. The smallest absolute Gasteiger partial charge is 0.407 e. The molecule has 318 valence electrons. The van der Waals surface area contributed by atoms with E-state index in [1.54, 1.807) is 33.3 Å². The van der Waals surface area contributed by atoms with Crippen LogP contribution >= 0.6 is 11.3 Å². The number of ether oxygens (including phenoxy) is 2. The van der Waals surface area contributed by atoms with Crippen molar-refractivity contribution in [3.63, 3.8) is 0 Å². The third kappa shape index (κ3) is 8.48. The summed E-state index contributed by atoms with van der Waals surface area (Å²) in [5.74, 6) is 0.896. The fourth-order valence-corrected chi connectivity index (χ4v) is 9.32. The molecule has 0 radical (unpaired) electrons. The molecule has 0 unspecified atom stereocenters. The van der Waals surface area contributed by atoms with E-state index in [-0.39, 0.29) is 23.9 Å². The van der Waals surface area contributed by atoms with Crippen LogP contribution < -0.4 is 10.6 Å². The summed E-state index contributed by atoms with van der Waals surface area (Å²) in [7, 11) is 2.54. The number of hydrogen-bond donors (Lipinski definition) is 4. The monoisotopic (exact) mass is 852 g/mol. The van der Waals surface area contributed by atoms with Crippen LogP contribution in [-0.4, -0.2) is 87.1 Å². The number of hydrogen-bond acceptors (Lipinski definition) is 9. The fraction of sp³-hybridized carbons (Fsp3) is 0.277. The highest BCUT2D eigenvalue weighted by Gasteiger charge is 2.38. The Kier molecular flexibility index (Phi) is 12.3. The number of thiophene rings is 1. The fourth-order valence-electron chi connectivity index (χ4n) is 8.36.